The fraction of sp³-hybridized carbons (Fsp3) is 0.154. The standard InChI is InChI=1S/C26H20F2N6O2S/c1-11(12-3-2-7-33-23(12)30)34-8-6-13-15(26(34)36)9-18(28)20(21(13)24(31)35)14-4-5-17(27)22-19(14)16(10-29)25(32)37-22/h2-5,7,9,11H,6,8,32H2,1H3,(H2,30,33)(H2,31,35). The van der Waals surface area contributed by atoms with Gasteiger partial charge in [-0.3, -0.25) is 9.59 Å². The topological polar surface area (TPSA) is 152 Å². The van der Waals surface area contributed by atoms with Crippen LogP contribution >= 0.6 is 11.3 Å². The third kappa shape index (κ3) is 3.65. The van der Waals surface area contributed by atoms with E-state index in [4.69, 9.17) is 17.2 Å². The van der Waals surface area contributed by atoms with Gasteiger partial charge in [0.25, 0.3) is 5.91 Å². The molecule has 4 aromatic rings. The molecule has 2 aromatic heterocycles. The molecule has 0 bridgehead atoms. The predicted molar refractivity (Wildman–Crippen MR) is 137 cm³/mol. The molecule has 0 fully saturated rings. The van der Waals surface area contributed by atoms with Crippen molar-refractivity contribution in [2.24, 2.45) is 5.73 Å². The van der Waals surface area contributed by atoms with Gasteiger partial charge in [-0.25, -0.2) is 13.8 Å². The van der Waals surface area contributed by atoms with Crippen molar-refractivity contribution < 1.29 is 18.4 Å². The summed E-state index contributed by atoms with van der Waals surface area (Å²) in [6.07, 6.45) is 1.75. The second-order valence-electron chi connectivity index (χ2n) is 8.65. The fourth-order valence-corrected chi connectivity index (χ4v) is 5.94. The number of benzene rings is 2. The Bertz CT molecular complexity index is 1680. The van der Waals surface area contributed by atoms with Crippen LogP contribution in [0.3, 0.4) is 0 Å². The van der Waals surface area contributed by atoms with Gasteiger partial charge < -0.3 is 22.1 Å². The number of nitriles is 1. The van der Waals surface area contributed by atoms with Gasteiger partial charge in [0.15, 0.2) is 0 Å². The maximum atomic E-state index is 15.8. The van der Waals surface area contributed by atoms with Crippen LogP contribution in [0, 0.1) is 23.0 Å². The van der Waals surface area contributed by atoms with Crippen LogP contribution < -0.4 is 17.2 Å². The monoisotopic (exact) mass is 518 g/mol. The molecule has 3 heterocycles. The van der Waals surface area contributed by atoms with Crippen molar-refractivity contribution in [3.63, 3.8) is 0 Å². The highest BCUT2D eigenvalue weighted by atomic mass is 32.1. The van der Waals surface area contributed by atoms with E-state index in [1.807, 2.05) is 6.07 Å². The summed E-state index contributed by atoms with van der Waals surface area (Å²) in [5.74, 6) is -2.71. The van der Waals surface area contributed by atoms with E-state index in [1.165, 1.54) is 11.0 Å². The Kier molecular flexibility index (Phi) is 5.76. The highest BCUT2D eigenvalue weighted by Crippen LogP contribution is 2.44. The number of thiophene rings is 1. The molecular formula is C26H20F2N6O2S. The number of hydrogen-bond acceptors (Lipinski definition) is 7. The van der Waals surface area contributed by atoms with Gasteiger partial charge >= 0.3 is 0 Å². The van der Waals surface area contributed by atoms with Crippen LogP contribution in [0.4, 0.5) is 19.6 Å². The molecule has 1 aliphatic heterocycles. The number of pyridine rings is 1. The fourth-order valence-electron chi connectivity index (χ4n) is 4.99. The molecule has 0 radical (unpaired) electrons. The Balaban J connectivity index is 1.71. The highest BCUT2D eigenvalue weighted by molar-refractivity contribution is 7.23. The number of amides is 2. The second kappa shape index (κ2) is 8.83. The first-order valence-corrected chi connectivity index (χ1v) is 12.0. The van der Waals surface area contributed by atoms with Crippen molar-refractivity contribution in [2.45, 2.75) is 19.4 Å². The van der Waals surface area contributed by atoms with Crippen LogP contribution in [0.1, 0.15) is 50.4 Å². The van der Waals surface area contributed by atoms with Gasteiger partial charge in [0, 0.05) is 34.8 Å². The summed E-state index contributed by atoms with van der Waals surface area (Å²) in [7, 11) is 0. The average molecular weight is 519 g/mol. The Morgan fingerprint density at radius 3 is 2.65 bits per heavy atom. The smallest absolute Gasteiger partial charge is 0.254 e. The van der Waals surface area contributed by atoms with Crippen molar-refractivity contribution in [2.75, 3.05) is 18.0 Å². The van der Waals surface area contributed by atoms with E-state index in [0.29, 0.717) is 5.56 Å². The summed E-state index contributed by atoms with van der Waals surface area (Å²) in [6.45, 7) is 2.00. The molecule has 1 aliphatic rings. The molecule has 5 rings (SSSR count). The molecule has 2 amide bonds. The Morgan fingerprint density at radius 1 is 1.22 bits per heavy atom. The van der Waals surface area contributed by atoms with E-state index in [2.05, 4.69) is 4.98 Å². The second-order valence-corrected chi connectivity index (χ2v) is 9.71. The molecule has 186 valence electrons. The maximum absolute atomic E-state index is 15.8. The van der Waals surface area contributed by atoms with E-state index >= 15 is 4.39 Å². The maximum Gasteiger partial charge on any atom is 0.254 e. The molecule has 2 aromatic carbocycles. The Hall–Kier alpha value is -4.56. The van der Waals surface area contributed by atoms with Crippen LogP contribution in [0.25, 0.3) is 21.2 Å². The summed E-state index contributed by atoms with van der Waals surface area (Å²) in [5.41, 5.74) is 18.3. The van der Waals surface area contributed by atoms with Crippen LogP contribution in [-0.2, 0) is 6.42 Å². The first-order chi connectivity index (χ1) is 17.6. The molecule has 0 saturated carbocycles. The zero-order chi connectivity index (χ0) is 26.6. The number of nitrogens with zero attached hydrogens (tertiary/aromatic N) is 3. The number of rotatable bonds is 4. The summed E-state index contributed by atoms with van der Waals surface area (Å²) >= 11 is 0.856. The SMILES string of the molecule is CC(c1cccnc1N)N1CCc2c(cc(F)c(-c3ccc(F)c4sc(N)c(C#N)c34)c2C(N)=O)C1=O. The van der Waals surface area contributed by atoms with Crippen molar-refractivity contribution in [3.8, 4) is 17.2 Å². The van der Waals surface area contributed by atoms with Gasteiger partial charge in [-0.1, -0.05) is 12.1 Å². The van der Waals surface area contributed by atoms with E-state index in [1.54, 1.807) is 25.3 Å². The number of hydrogen-bond donors (Lipinski definition) is 3. The Labute approximate surface area is 213 Å². The number of anilines is 2. The van der Waals surface area contributed by atoms with Gasteiger partial charge in [-0.2, -0.15) is 5.26 Å². The lowest BCUT2D eigenvalue weighted by molar-refractivity contribution is 0.0672. The molecule has 8 nitrogen and oxygen atoms in total. The third-order valence-electron chi connectivity index (χ3n) is 6.72. The van der Waals surface area contributed by atoms with Crippen molar-refractivity contribution in [1.82, 2.24) is 9.88 Å². The van der Waals surface area contributed by atoms with E-state index < -0.39 is 29.5 Å². The number of nitrogen functional groups attached to an aromatic ring is 2. The van der Waals surface area contributed by atoms with Crippen LogP contribution in [-0.4, -0.2) is 28.2 Å². The zero-order valence-corrected chi connectivity index (χ0v) is 20.3. The summed E-state index contributed by atoms with van der Waals surface area (Å²) in [4.78, 5) is 31.8. The molecule has 1 atom stereocenters. The largest absolute Gasteiger partial charge is 0.389 e. The minimum atomic E-state index is -0.948. The van der Waals surface area contributed by atoms with Gasteiger partial charge in [0.2, 0.25) is 5.91 Å². The summed E-state index contributed by atoms with van der Waals surface area (Å²) < 4.78 is 30.5. The van der Waals surface area contributed by atoms with E-state index in [9.17, 15) is 19.2 Å². The molecule has 11 heteroatoms. The number of primary amides is 1. The number of halogens is 2. The molecule has 6 N–H and O–H groups in total. The first-order valence-electron chi connectivity index (χ1n) is 11.2. The van der Waals surface area contributed by atoms with Gasteiger partial charge in [-0.05, 0) is 42.7 Å². The predicted octanol–water partition coefficient (Wildman–Crippen LogP) is 4.14. The lowest BCUT2D eigenvalue weighted by Gasteiger charge is -2.35. The van der Waals surface area contributed by atoms with E-state index in [-0.39, 0.29) is 67.3 Å². The highest BCUT2D eigenvalue weighted by Gasteiger charge is 2.35. The summed E-state index contributed by atoms with van der Waals surface area (Å²) in [5, 5.41) is 9.80. The van der Waals surface area contributed by atoms with E-state index in [0.717, 1.165) is 23.5 Å². The van der Waals surface area contributed by atoms with Gasteiger partial charge in [0.1, 0.15) is 28.5 Å². The third-order valence-corrected chi connectivity index (χ3v) is 7.74. The summed E-state index contributed by atoms with van der Waals surface area (Å²) in [6, 6.07) is 8.40. The zero-order valence-electron chi connectivity index (χ0n) is 19.5. The van der Waals surface area contributed by atoms with Crippen LogP contribution in [0.5, 0.6) is 0 Å². The minimum Gasteiger partial charge on any atom is -0.389 e. The van der Waals surface area contributed by atoms with Crippen molar-refractivity contribution >= 4 is 44.1 Å². The Morgan fingerprint density at radius 2 is 1.97 bits per heavy atom. The lowest BCUT2D eigenvalue weighted by Crippen LogP contribution is -2.40. The minimum absolute atomic E-state index is 0.000642. The van der Waals surface area contributed by atoms with Crippen LogP contribution in [0.15, 0.2) is 36.5 Å². The van der Waals surface area contributed by atoms with Crippen molar-refractivity contribution in [3.05, 3.63) is 76.0 Å². The quantitative estimate of drug-likeness (QED) is 0.369. The average Bonchev–Trinajstić information content (AvgIpc) is 3.21. The van der Waals surface area contributed by atoms with Crippen molar-refractivity contribution in [1.29, 1.82) is 5.26 Å². The number of carbonyl (C=O) groups is 2. The van der Waals surface area contributed by atoms with Gasteiger partial charge in [-0.15, -0.1) is 11.3 Å². The molecule has 0 aliphatic carbocycles. The molecule has 37 heavy (non-hydrogen) atoms. The number of nitrogens with two attached hydrogens (primary N) is 3. The number of fused-ring (bicyclic) bond motifs is 2. The number of carbonyl (C=O) groups excluding carboxylic acids is 2. The molecule has 0 spiro atoms. The molecular weight excluding hydrogens is 498 g/mol. The molecule has 1 unspecified atom stereocenters. The lowest BCUT2D eigenvalue weighted by atomic mass is 9.85. The normalized spacial score (nSPS) is 13.9. The van der Waals surface area contributed by atoms with Gasteiger partial charge in [0.05, 0.1) is 21.9 Å². The number of aromatic nitrogens is 1. The molecule has 0 saturated heterocycles. The first kappa shape index (κ1) is 24.1. The van der Waals surface area contributed by atoms with Crippen LogP contribution in [0.2, 0.25) is 0 Å².